The van der Waals surface area contributed by atoms with Gasteiger partial charge in [-0.2, -0.15) is 10.5 Å². The van der Waals surface area contributed by atoms with E-state index in [9.17, 15) is 0 Å². The molecule has 0 fully saturated rings. The highest BCUT2D eigenvalue weighted by atomic mass is 14.3. The molecule has 0 aromatic heterocycles. The van der Waals surface area contributed by atoms with Gasteiger partial charge in [0, 0.05) is 6.42 Å². The van der Waals surface area contributed by atoms with Crippen molar-refractivity contribution in [1.29, 1.82) is 10.5 Å². The summed E-state index contributed by atoms with van der Waals surface area (Å²) in [4.78, 5) is 0. The first-order valence-corrected chi connectivity index (χ1v) is 5.52. The van der Waals surface area contributed by atoms with Crippen LogP contribution in [0.5, 0.6) is 0 Å². The second kappa shape index (κ2) is 5.93. The van der Waals surface area contributed by atoms with Crippen LogP contribution in [0.4, 0.5) is 0 Å². The average Bonchev–Trinajstić information content (AvgIpc) is 2.23. The molecule has 2 nitrogen and oxygen atoms in total. The quantitative estimate of drug-likeness (QED) is 0.716. The van der Waals surface area contributed by atoms with Gasteiger partial charge >= 0.3 is 0 Å². The fraction of sp³-hybridized carbons (Fsp3) is 0.429. The van der Waals surface area contributed by atoms with Gasteiger partial charge in [-0.05, 0) is 32.3 Å². The lowest BCUT2D eigenvalue weighted by molar-refractivity contribution is 0.696. The summed E-state index contributed by atoms with van der Waals surface area (Å²) in [5, 5.41) is 17.6. The van der Waals surface area contributed by atoms with E-state index in [-0.39, 0.29) is 5.92 Å². The lowest BCUT2D eigenvalue weighted by atomic mass is 9.92. The number of benzene rings is 1. The third-order valence-electron chi connectivity index (χ3n) is 2.58. The minimum atomic E-state index is -0.0769. The third-order valence-corrected chi connectivity index (χ3v) is 2.58. The summed E-state index contributed by atoms with van der Waals surface area (Å²) < 4.78 is 0. The summed E-state index contributed by atoms with van der Waals surface area (Å²) in [7, 11) is 0. The van der Waals surface area contributed by atoms with Gasteiger partial charge in [-0.3, -0.25) is 0 Å². The first kappa shape index (κ1) is 12.3. The van der Waals surface area contributed by atoms with Crippen LogP contribution >= 0.6 is 0 Å². The molecular formula is C14H16N2. The van der Waals surface area contributed by atoms with Gasteiger partial charge in [-0.25, -0.2) is 0 Å². The van der Waals surface area contributed by atoms with E-state index in [1.807, 2.05) is 13.8 Å². The summed E-state index contributed by atoms with van der Waals surface area (Å²) in [6, 6.07) is 10.7. The highest BCUT2D eigenvalue weighted by Crippen LogP contribution is 2.23. The zero-order valence-corrected chi connectivity index (χ0v) is 9.83. The van der Waals surface area contributed by atoms with Crippen molar-refractivity contribution in [2.45, 2.75) is 39.0 Å². The largest absolute Gasteiger partial charge is 0.198 e. The van der Waals surface area contributed by atoms with Gasteiger partial charge in [-0.1, -0.05) is 29.3 Å². The van der Waals surface area contributed by atoms with Crippen LogP contribution in [-0.4, -0.2) is 0 Å². The molecule has 16 heavy (non-hydrogen) atoms. The van der Waals surface area contributed by atoms with Gasteiger partial charge in [-0.15, -0.1) is 0 Å². The number of unbranched alkanes of at least 4 members (excludes halogenated alkanes) is 1. The summed E-state index contributed by atoms with van der Waals surface area (Å²) in [6.45, 7) is 4.08. The Morgan fingerprint density at radius 3 is 2.25 bits per heavy atom. The monoisotopic (exact) mass is 212 g/mol. The van der Waals surface area contributed by atoms with Crippen molar-refractivity contribution in [3.63, 3.8) is 0 Å². The molecule has 1 aromatic rings. The molecule has 0 aliphatic rings. The van der Waals surface area contributed by atoms with Crippen molar-refractivity contribution in [3.8, 4) is 12.1 Å². The van der Waals surface area contributed by atoms with Crippen LogP contribution < -0.4 is 0 Å². The molecule has 0 saturated carbocycles. The Morgan fingerprint density at radius 2 is 1.75 bits per heavy atom. The Morgan fingerprint density at radius 1 is 1.12 bits per heavy atom. The van der Waals surface area contributed by atoms with Crippen LogP contribution in [0.2, 0.25) is 0 Å². The maximum atomic E-state index is 9.13. The van der Waals surface area contributed by atoms with Crippen LogP contribution in [-0.2, 0) is 0 Å². The summed E-state index contributed by atoms with van der Waals surface area (Å²) in [5.41, 5.74) is 3.46. The predicted molar refractivity (Wildman–Crippen MR) is 63.7 cm³/mol. The van der Waals surface area contributed by atoms with E-state index < -0.39 is 0 Å². The Hall–Kier alpha value is -1.80. The summed E-state index contributed by atoms with van der Waals surface area (Å²) in [6.07, 6.45) is 2.09. The standard InChI is InChI=1S/C14H16N2/c1-11-7-12(2)9-14(8-11)13(10-16)5-3-4-6-15/h7-9,13H,3-5H2,1-2H3. The van der Waals surface area contributed by atoms with Gasteiger partial charge in [0.15, 0.2) is 0 Å². The van der Waals surface area contributed by atoms with E-state index in [1.165, 1.54) is 11.1 Å². The van der Waals surface area contributed by atoms with Crippen LogP contribution in [0.25, 0.3) is 0 Å². The van der Waals surface area contributed by atoms with Gasteiger partial charge in [0.05, 0.1) is 18.1 Å². The van der Waals surface area contributed by atoms with Crippen LogP contribution in [0.15, 0.2) is 18.2 Å². The molecule has 1 unspecified atom stereocenters. The first-order chi connectivity index (χ1) is 7.67. The van der Waals surface area contributed by atoms with E-state index in [1.54, 1.807) is 0 Å². The maximum Gasteiger partial charge on any atom is 0.0713 e. The Kier molecular flexibility index (Phi) is 4.55. The number of nitrogens with zero attached hydrogens (tertiary/aromatic N) is 2. The minimum Gasteiger partial charge on any atom is -0.198 e. The van der Waals surface area contributed by atoms with Gasteiger partial charge in [0.25, 0.3) is 0 Å². The van der Waals surface area contributed by atoms with Crippen molar-refractivity contribution in [1.82, 2.24) is 0 Å². The zero-order valence-electron chi connectivity index (χ0n) is 9.83. The average molecular weight is 212 g/mol. The molecule has 0 saturated heterocycles. The molecule has 0 N–H and O–H groups in total. The second-order valence-electron chi connectivity index (χ2n) is 4.15. The number of hydrogen-bond acceptors (Lipinski definition) is 2. The van der Waals surface area contributed by atoms with E-state index in [2.05, 4.69) is 30.3 Å². The normalized spacial score (nSPS) is 11.5. The zero-order chi connectivity index (χ0) is 12.0. The molecule has 0 heterocycles. The highest BCUT2D eigenvalue weighted by Gasteiger charge is 2.10. The fourth-order valence-electron chi connectivity index (χ4n) is 1.90. The highest BCUT2D eigenvalue weighted by molar-refractivity contribution is 5.33. The molecule has 0 amide bonds. The predicted octanol–water partition coefficient (Wildman–Crippen LogP) is 3.60. The van der Waals surface area contributed by atoms with Gasteiger partial charge < -0.3 is 0 Å². The van der Waals surface area contributed by atoms with Crippen LogP contribution in [0, 0.1) is 36.5 Å². The Balaban J connectivity index is 2.80. The molecule has 82 valence electrons. The molecule has 0 aliphatic carbocycles. The molecule has 1 aromatic carbocycles. The van der Waals surface area contributed by atoms with E-state index in [0.717, 1.165) is 18.4 Å². The summed E-state index contributed by atoms with van der Waals surface area (Å²) in [5.74, 6) is -0.0769. The molecule has 1 atom stereocenters. The lowest BCUT2D eigenvalue weighted by Crippen LogP contribution is -1.97. The molecule has 0 aliphatic heterocycles. The smallest absolute Gasteiger partial charge is 0.0713 e. The van der Waals surface area contributed by atoms with Crippen molar-refractivity contribution in [2.24, 2.45) is 0 Å². The first-order valence-electron chi connectivity index (χ1n) is 5.52. The number of aryl methyl sites for hydroxylation is 2. The SMILES string of the molecule is Cc1cc(C)cc(C(C#N)CCCC#N)c1. The van der Waals surface area contributed by atoms with Crippen molar-refractivity contribution >= 4 is 0 Å². The molecular weight excluding hydrogens is 196 g/mol. The van der Waals surface area contributed by atoms with Gasteiger partial charge in [0.2, 0.25) is 0 Å². The molecule has 0 spiro atoms. The van der Waals surface area contributed by atoms with Crippen molar-refractivity contribution in [2.75, 3.05) is 0 Å². The number of hydrogen-bond donors (Lipinski definition) is 0. The maximum absolute atomic E-state index is 9.13. The summed E-state index contributed by atoms with van der Waals surface area (Å²) >= 11 is 0. The second-order valence-corrected chi connectivity index (χ2v) is 4.15. The third kappa shape index (κ3) is 3.41. The molecule has 2 heteroatoms. The van der Waals surface area contributed by atoms with E-state index in [4.69, 9.17) is 10.5 Å². The van der Waals surface area contributed by atoms with Gasteiger partial charge in [0.1, 0.15) is 0 Å². The molecule has 1 rings (SSSR count). The van der Waals surface area contributed by atoms with Crippen molar-refractivity contribution in [3.05, 3.63) is 34.9 Å². The fourth-order valence-corrected chi connectivity index (χ4v) is 1.90. The number of rotatable bonds is 4. The molecule has 0 radical (unpaired) electrons. The molecule has 0 bridgehead atoms. The lowest BCUT2D eigenvalue weighted by Gasteiger charge is -2.10. The number of nitriles is 2. The van der Waals surface area contributed by atoms with Crippen molar-refractivity contribution < 1.29 is 0 Å². The Bertz CT molecular complexity index is 415. The van der Waals surface area contributed by atoms with Crippen LogP contribution in [0.1, 0.15) is 41.9 Å². The topological polar surface area (TPSA) is 47.6 Å². The van der Waals surface area contributed by atoms with E-state index in [0.29, 0.717) is 6.42 Å². The minimum absolute atomic E-state index is 0.0769. The van der Waals surface area contributed by atoms with Crippen LogP contribution in [0.3, 0.4) is 0 Å². The van der Waals surface area contributed by atoms with E-state index >= 15 is 0 Å². The Labute approximate surface area is 97.1 Å².